The average Bonchev–Trinajstić information content (AvgIpc) is 2.30. The summed E-state index contributed by atoms with van der Waals surface area (Å²) in [7, 11) is 0. The van der Waals surface area contributed by atoms with E-state index in [9.17, 15) is 0 Å². The number of pyridine rings is 1. The van der Waals surface area contributed by atoms with E-state index < -0.39 is 0 Å². The Morgan fingerprint density at radius 2 is 2.12 bits per heavy atom. The number of aryl methyl sites for hydroxylation is 2. The molecule has 0 spiro atoms. The van der Waals surface area contributed by atoms with Gasteiger partial charge in [-0.05, 0) is 43.9 Å². The first-order valence-corrected chi connectivity index (χ1v) is 6.61. The number of nitrogen functional groups attached to an aromatic ring is 1. The van der Waals surface area contributed by atoms with Crippen LogP contribution in [0.1, 0.15) is 44.2 Å². The van der Waals surface area contributed by atoms with Gasteiger partial charge < -0.3 is 11.1 Å². The minimum Gasteiger partial charge on any atom is -0.383 e. The SMILES string of the molecule is CCCC(CCc1cc(C)cnc1N)NCC. The van der Waals surface area contributed by atoms with Crippen LogP contribution in [0.3, 0.4) is 0 Å². The summed E-state index contributed by atoms with van der Waals surface area (Å²) in [5.74, 6) is 0.683. The third-order valence-corrected chi connectivity index (χ3v) is 3.03. The molecule has 0 saturated heterocycles. The third kappa shape index (κ3) is 4.73. The van der Waals surface area contributed by atoms with E-state index in [4.69, 9.17) is 5.73 Å². The summed E-state index contributed by atoms with van der Waals surface area (Å²) in [6, 6.07) is 2.75. The molecule has 3 nitrogen and oxygen atoms in total. The molecular weight excluding hydrogens is 210 g/mol. The standard InChI is InChI=1S/C14H25N3/c1-4-6-13(16-5-2)8-7-12-9-11(3)10-17-14(12)15/h9-10,13,16H,4-8H2,1-3H3,(H2,15,17). The molecule has 0 saturated carbocycles. The second-order valence-corrected chi connectivity index (χ2v) is 4.64. The fourth-order valence-corrected chi connectivity index (χ4v) is 2.16. The van der Waals surface area contributed by atoms with Crippen LogP contribution in [0.2, 0.25) is 0 Å². The molecule has 1 aromatic heterocycles. The van der Waals surface area contributed by atoms with Gasteiger partial charge >= 0.3 is 0 Å². The lowest BCUT2D eigenvalue weighted by molar-refractivity contribution is 0.460. The summed E-state index contributed by atoms with van der Waals surface area (Å²) < 4.78 is 0. The number of anilines is 1. The zero-order chi connectivity index (χ0) is 12.7. The van der Waals surface area contributed by atoms with Crippen molar-refractivity contribution in [1.29, 1.82) is 0 Å². The molecule has 0 fully saturated rings. The first-order chi connectivity index (χ1) is 8.17. The minimum atomic E-state index is 0.602. The Balaban J connectivity index is 2.55. The quantitative estimate of drug-likeness (QED) is 0.764. The van der Waals surface area contributed by atoms with Crippen molar-refractivity contribution in [2.45, 2.75) is 52.5 Å². The van der Waals surface area contributed by atoms with Gasteiger partial charge in [0.25, 0.3) is 0 Å². The summed E-state index contributed by atoms with van der Waals surface area (Å²) in [5.41, 5.74) is 8.26. The molecular formula is C14H25N3. The van der Waals surface area contributed by atoms with Crippen molar-refractivity contribution in [2.75, 3.05) is 12.3 Å². The highest BCUT2D eigenvalue weighted by molar-refractivity contribution is 5.40. The molecule has 0 radical (unpaired) electrons. The maximum Gasteiger partial charge on any atom is 0.126 e. The van der Waals surface area contributed by atoms with Crippen LogP contribution < -0.4 is 11.1 Å². The highest BCUT2D eigenvalue weighted by Gasteiger charge is 2.08. The highest BCUT2D eigenvalue weighted by Crippen LogP contribution is 2.15. The molecule has 1 rings (SSSR count). The van der Waals surface area contributed by atoms with Crippen LogP contribution in [0.25, 0.3) is 0 Å². The first kappa shape index (κ1) is 14.0. The van der Waals surface area contributed by atoms with E-state index in [1.54, 1.807) is 0 Å². The molecule has 17 heavy (non-hydrogen) atoms. The summed E-state index contributed by atoms with van der Waals surface area (Å²) in [4.78, 5) is 4.21. The topological polar surface area (TPSA) is 50.9 Å². The molecule has 1 atom stereocenters. The monoisotopic (exact) mass is 235 g/mol. The number of nitrogens with two attached hydrogens (primary N) is 1. The van der Waals surface area contributed by atoms with E-state index in [2.05, 4.69) is 37.1 Å². The lowest BCUT2D eigenvalue weighted by Gasteiger charge is -2.17. The number of nitrogens with one attached hydrogen (secondary N) is 1. The molecule has 0 aliphatic heterocycles. The van der Waals surface area contributed by atoms with E-state index in [0.717, 1.165) is 19.4 Å². The Kier molecular flexibility index (Phi) is 5.98. The fourth-order valence-electron chi connectivity index (χ4n) is 2.16. The third-order valence-electron chi connectivity index (χ3n) is 3.03. The summed E-state index contributed by atoms with van der Waals surface area (Å²) in [5, 5.41) is 3.53. The smallest absolute Gasteiger partial charge is 0.126 e. The van der Waals surface area contributed by atoms with Crippen molar-refractivity contribution in [3.8, 4) is 0 Å². The van der Waals surface area contributed by atoms with E-state index in [1.807, 2.05) is 6.20 Å². The predicted molar refractivity (Wildman–Crippen MR) is 74.1 cm³/mol. The minimum absolute atomic E-state index is 0.602. The van der Waals surface area contributed by atoms with Crippen LogP contribution in [-0.4, -0.2) is 17.6 Å². The molecule has 0 bridgehead atoms. The molecule has 96 valence electrons. The Hall–Kier alpha value is -1.09. The van der Waals surface area contributed by atoms with E-state index in [-0.39, 0.29) is 0 Å². The molecule has 1 aromatic rings. The van der Waals surface area contributed by atoms with E-state index in [1.165, 1.54) is 24.0 Å². The van der Waals surface area contributed by atoms with Gasteiger partial charge in [0.15, 0.2) is 0 Å². The van der Waals surface area contributed by atoms with Crippen molar-refractivity contribution in [3.63, 3.8) is 0 Å². The van der Waals surface area contributed by atoms with Gasteiger partial charge in [0, 0.05) is 12.2 Å². The maximum absolute atomic E-state index is 5.89. The van der Waals surface area contributed by atoms with Crippen LogP contribution in [0.15, 0.2) is 12.3 Å². The highest BCUT2D eigenvalue weighted by atomic mass is 14.9. The lowest BCUT2D eigenvalue weighted by atomic mass is 10.0. The first-order valence-electron chi connectivity index (χ1n) is 6.61. The molecule has 1 unspecified atom stereocenters. The molecule has 0 aromatic carbocycles. The number of hydrogen-bond donors (Lipinski definition) is 2. The van der Waals surface area contributed by atoms with Crippen LogP contribution >= 0.6 is 0 Å². The Morgan fingerprint density at radius 3 is 2.76 bits per heavy atom. The van der Waals surface area contributed by atoms with E-state index >= 15 is 0 Å². The van der Waals surface area contributed by atoms with Crippen molar-refractivity contribution in [2.24, 2.45) is 0 Å². The Bertz CT molecular complexity index is 330. The summed E-state index contributed by atoms with van der Waals surface area (Å²) in [6.45, 7) is 7.48. The van der Waals surface area contributed by atoms with Gasteiger partial charge in [0.2, 0.25) is 0 Å². The molecule has 0 amide bonds. The number of rotatable bonds is 7. The van der Waals surface area contributed by atoms with Crippen LogP contribution in [-0.2, 0) is 6.42 Å². The van der Waals surface area contributed by atoms with Crippen molar-refractivity contribution >= 4 is 5.82 Å². The van der Waals surface area contributed by atoms with Gasteiger partial charge in [-0.1, -0.05) is 26.3 Å². The largest absolute Gasteiger partial charge is 0.383 e. The Labute approximate surface area is 105 Å². The maximum atomic E-state index is 5.89. The van der Waals surface area contributed by atoms with Gasteiger partial charge in [-0.15, -0.1) is 0 Å². The van der Waals surface area contributed by atoms with Gasteiger partial charge in [0.05, 0.1) is 0 Å². The number of nitrogens with zero attached hydrogens (tertiary/aromatic N) is 1. The van der Waals surface area contributed by atoms with Crippen LogP contribution in [0.4, 0.5) is 5.82 Å². The predicted octanol–water partition coefficient (Wildman–Crippen LogP) is 2.68. The molecule has 0 aliphatic carbocycles. The lowest BCUT2D eigenvalue weighted by Crippen LogP contribution is -2.29. The zero-order valence-electron chi connectivity index (χ0n) is 11.3. The van der Waals surface area contributed by atoms with Gasteiger partial charge in [-0.25, -0.2) is 4.98 Å². The number of hydrogen-bond acceptors (Lipinski definition) is 3. The fraction of sp³-hybridized carbons (Fsp3) is 0.643. The molecule has 0 aliphatic rings. The Morgan fingerprint density at radius 1 is 1.35 bits per heavy atom. The zero-order valence-corrected chi connectivity index (χ0v) is 11.3. The second kappa shape index (κ2) is 7.28. The number of aromatic nitrogens is 1. The van der Waals surface area contributed by atoms with Crippen molar-refractivity contribution in [1.82, 2.24) is 10.3 Å². The summed E-state index contributed by atoms with van der Waals surface area (Å²) >= 11 is 0. The average molecular weight is 235 g/mol. The second-order valence-electron chi connectivity index (χ2n) is 4.64. The van der Waals surface area contributed by atoms with Crippen molar-refractivity contribution in [3.05, 3.63) is 23.4 Å². The van der Waals surface area contributed by atoms with Gasteiger partial charge in [-0.2, -0.15) is 0 Å². The van der Waals surface area contributed by atoms with Crippen molar-refractivity contribution < 1.29 is 0 Å². The molecule has 3 N–H and O–H groups in total. The molecule has 1 heterocycles. The van der Waals surface area contributed by atoms with E-state index in [0.29, 0.717) is 11.9 Å². The van der Waals surface area contributed by atoms with Gasteiger partial charge in [-0.3, -0.25) is 0 Å². The van der Waals surface area contributed by atoms with Gasteiger partial charge in [0.1, 0.15) is 5.82 Å². The molecule has 3 heteroatoms. The summed E-state index contributed by atoms with van der Waals surface area (Å²) in [6.07, 6.45) is 6.42. The van der Waals surface area contributed by atoms with Crippen LogP contribution in [0, 0.1) is 6.92 Å². The normalized spacial score (nSPS) is 12.6. The van der Waals surface area contributed by atoms with Crippen LogP contribution in [0.5, 0.6) is 0 Å².